The van der Waals surface area contributed by atoms with Crippen molar-refractivity contribution >= 4 is 23.2 Å². The molecule has 0 saturated carbocycles. The lowest BCUT2D eigenvalue weighted by atomic mass is 10.1. The topological polar surface area (TPSA) is 67.3 Å². The van der Waals surface area contributed by atoms with E-state index < -0.39 is 0 Å². The van der Waals surface area contributed by atoms with E-state index in [0.717, 1.165) is 29.4 Å². The first-order valence-corrected chi connectivity index (χ1v) is 7.13. The number of allylic oxidation sites excluding steroid dienone is 1. The molecule has 0 bridgehead atoms. The van der Waals surface area contributed by atoms with Gasteiger partial charge in [0, 0.05) is 18.1 Å². The van der Waals surface area contributed by atoms with Gasteiger partial charge in [0.1, 0.15) is 11.0 Å². The molecular formula is C14H18Cl2N4. The Labute approximate surface area is 129 Å². The van der Waals surface area contributed by atoms with Gasteiger partial charge in [-0.2, -0.15) is 0 Å². The van der Waals surface area contributed by atoms with Crippen LogP contribution >= 0.6 is 23.2 Å². The maximum atomic E-state index is 6.27. The standard InChI is InChI=1S/C14H18Cl2N4/c1-9(10-4-2-3-5-11(10)15)20-7-6-19-14(18)12(20)8-13(16)17/h2-5,8-9,19H,6-7,17-18H2,1H3/b13-8-. The largest absolute Gasteiger partial charge is 0.389 e. The van der Waals surface area contributed by atoms with E-state index in [0.29, 0.717) is 5.82 Å². The Balaban J connectivity index is 2.37. The molecule has 2 rings (SSSR count). The molecule has 0 aromatic heterocycles. The summed E-state index contributed by atoms with van der Waals surface area (Å²) in [7, 11) is 0. The average Bonchev–Trinajstić information content (AvgIpc) is 2.40. The fourth-order valence-electron chi connectivity index (χ4n) is 2.35. The van der Waals surface area contributed by atoms with E-state index in [1.807, 2.05) is 24.3 Å². The molecule has 1 aromatic carbocycles. The number of nitrogens with two attached hydrogens (primary N) is 2. The zero-order valence-electron chi connectivity index (χ0n) is 11.2. The molecule has 0 spiro atoms. The molecule has 0 radical (unpaired) electrons. The summed E-state index contributed by atoms with van der Waals surface area (Å²) >= 11 is 12.1. The first kappa shape index (κ1) is 14.9. The number of nitrogens with one attached hydrogen (secondary N) is 1. The minimum Gasteiger partial charge on any atom is -0.389 e. The normalized spacial score (nSPS) is 17.9. The average molecular weight is 313 g/mol. The Morgan fingerprint density at radius 1 is 1.45 bits per heavy atom. The predicted molar refractivity (Wildman–Crippen MR) is 83.9 cm³/mol. The molecule has 1 aliphatic rings. The van der Waals surface area contributed by atoms with Crippen LogP contribution in [0.2, 0.25) is 5.02 Å². The van der Waals surface area contributed by atoms with Crippen LogP contribution in [0.1, 0.15) is 18.5 Å². The summed E-state index contributed by atoms with van der Waals surface area (Å²) in [6.45, 7) is 3.64. The molecule has 0 saturated heterocycles. The Hall–Kier alpha value is -1.52. The minimum absolute atomic E-state index is 0.0756. The number of hydrogen-bond donors (Lipinski definition) is 3. The van der Waals surface area contributed by atoms with Gasteiger partial charge < -0.3 is 21.7 Å². The summed E-state index contributed by atoms with van der Waals surface area (Å²) < 4.78 is 0. The van der Waals surface area contributed by atoms with E-state index in [-0.39, 0.29) is 11.2 Å². The van der Waals surface area contributed by atoms with Crippen molar-refractivity contribution < 1.29 is 0 Å². The van der Waals surface area contributed by atoms with Crippen LogP contribution in [0.4, 0.5) is 0 Å². The van der Waals surface area contributed by atoms with E-state index in [1.165, 1.54) is 0 Å². The molecule has 5 N–H and O–H groups in total. The SMILES string of the molecule is CC(c1ccccc1Cl)N1CCNC(N)=C1/C=C(\N)Cl. The number of nitrogens with zero attached hydrogens (tertiary/aromatic N) is 1. The van der Waals surface area contributed by atoms with Crippen molar-refractivity contribution in [2.75, 3.05) is 13.1 Å². The molecule has 1 atom stereocenters. The third-order valence-corrected chi connectivity index (χ3v) is 3.80. The second kappa shape index (κ2) is 6.29. The predicted octanol–water partition coefficient (Wildman–Crippen LogP) is 2.47. The van der Waals surface area contributed by atoms with Crippen molar-refractivity contribution in [3.05, 3.63) is 57.6 Å². The quantitative estimate of drug-likeness (QED) is 0.750. The Morgan fingerprint density at radius 3 is 2.80 bits per heavy atom. The van der Waals surface area contributed by atoms with Gasteiger partial charge >= 0.3 is 0 Å². The van der Waals surface area contributed by atoms with Gasteiger partial charge in [-0.15, -0.1) is 0 Å². The van der Waals surface area contributed by atoms with Gasteiger partial charge in [0.2, 0.25) is 0 Å². The van der Waals surface area contributed by atoms with Crippen molar-refractivity contribution in [3.8, 4) is 0 Å². The molecule has 1 aromatic rings. The summed E-state index contributed by atoms with van der Waals surface area (Å²) in [5.41, 5.74) is 13.4. The van der Waals surface area contributed by atoms with E-state index in [4.69, 9.17) is 34.7 Å². The van der Waals surface area contributed by atoms with E-state index in [9.17, 15) is 0 Å². The zero-order valence-corrected chi connectivity index (χ0v) is 12.7. The lowest BCUT2D eigenvalue weighted by molar-refractivity contribution is 0.261. The number of hydrogen-bond acceptors (Lipinski definition) is 4. The van der Waals surface area contributed by atoms with Crippen LogP contribution in [-0.4, -0.2) is 18.0 Å². The van der Waals surface area contributed by atoms with Crippen molar-refractivity contribution in [3.63, 3.8) is 0 Å². The molecular weight excluding hydrogens is 295 g/mol. The summed E-state index contributed by atoms with van der Waals surface area (Å²) in [5.74, 6) is 0.568. The highest BCUT2D eigenvalue weighted by atomic mass is 35.5. The van der Waals surface area contributed by atoms with Crippen molar-refractivity contribution in [2.45, 2.75) is 13.0 Å². The van der Waals surface area contributed by atoms with Crippen LogP contribution in [0, 0.1) is 0 Å². The molecule has 1 aliphatic heterocycles. The zero-order chi connectivity index (χ0) is 14.7. The van der Waals surface area contributed by atoms with Crippen LogP contribution in [-0.2, 0) is 0 Å². The highest BCUT2D eigenvalue weighted by Gasteiger charge is 2.24. The smallest absolute Gasteiger partial charge is 0.120 e. The molecule has 4 nitrogen and oxygen atoms in total. The second-order valence-corrected chi connectivity index (χ2v) is 5.49. The highest BCUT2D eigenvalue weighted by Crippen LogP contribution is 2.31. The van der Waals surface area contributed by atoms with Crippen LogP contribution < -0.4 is 16.8 Å². The first-order valence-electron chi connectivity index (χ1n) is 6.38. The Bertz CT molecular complexity index is 550. The van der Waals surface area contributed by atoms with Gasteiger partial charge in [0.25, 0.3) is 0 Å². The summed E-state index contributed by atoms with van der Waals surface area (Å²) in [6, 6.07) is 7.85. The van der Waals surface area contributed by atoms with Gasteiger partial charge in [-0.3, -0.25) is 0 Å². The van der Waals surface area contributed by atoms with Crippen LogP contribution in [0.3, 0.4) is 0 Å². The van der Waals surface area contributed by atoms with Gasteiger partial charge in [-0.1, -0.05) is 41.4 Å². The van der Waals surface area contributed by atoms with Crippen molar-refractivity contribution in [2.24, 2.45) is 11.5 Å². The fourth-order valence-corrected chi connectivity index (χ4v) is 2.75. The van der Waals surface area contributed by atoms with Crippen LogP contribution in [0.25, 0.3) is 0 Å². The van der Waals surface area contributed by atoms with Gasteiger partial charge in [-0.25, -0.2) is 0 Å². The fraction of sp³-hybridized carbons (Fsp3) is 0.286. The third kappa shape index (κ3) is 3.14. The highest BCUT2D eigenvalue weighted by molar-refractivity contribution is 6.31. The lowest BCUT2D eigenvalue weighted by Gasteiger charge is -2.37. The third-order valence-electron chi connectivity index (χ3n) is 3.35. The minimum atomic E-state index is 0.0756. The summed E-state index contributed by atoms with van der Waals surface area (Å²) in [5, 5.41) is 4.04. The van der Waals surface area contributed by atoms with Crippen molar-refractivity contribution in [1.29, 1.82) is 0 Å². The molecule has 0 aliphatic carbocycles. The van der Waals surface area contributed by atoms with E-state index in [2.05, 4.69) is 17.1 Å². The molecule has 0 amide bonds. The molecule has 108 valence electrons. The molecule has 1 heterocycles. The Kier molecular flexibility index (Phi) is 4.68. The number of rotatable bonds is 3. The molecule has 0 fully saturated rings. The Morgan fingerprint density at radius 2 is 2.15 bits per heavy atom. The van der Waals surface area contributed by atoms with E-state index in [1.54, 1.807) is 6.08 Å². The van der Waals surface area contributed by atoms with Crippen LogP contribution in [0.15, 0.2) is 47.0 Å². The van der Waals surface area contributed by atoms with Gasteiger partial charge in [-0.05, 0) is 24.6 Å². The monoisotopic (exact) mass is 312 g/mol. The first-order chi connectivity index (χ1) is 9.50. The van der Waals surface area contributed by atoms with E-state index >= 15 is 0 Å². The lowest BCUT2D eigenvalue weighted by Crippen LogP contribution is -2.42. The summed E-state index contributed by atoms with van der Waals surface area (Å²) in [4.78, 5) is 2.14. The number of benzene rings is 1. The van der Waals surface area contributed by atoms with Crippen LogP contribution in [0.5, 0.6) is 0 Å². The number of halogens is 2. The second-order valence-electron chi connectivity index (χ2n) is 4.65. The van der Waals surface area contributed by atoms with Gasteiger partial charge in [0.05, 0.1) is 11.7 Å². The maximum Gasteiger partial charge on any atom is 0.120 e. The van der Waals surface area contributed by atoms with Crippen molar-refractivity contribution in [1.82, 2.24) is 10.2 Å². The maximum absolute atomic E-state index is 6.27. The molecule has 20 heavy (non-hydrogen) atoms. The molecule has 1 unspecified atom stereocenters. The molecule has 6 heteroatoms. The summed E-state index contributed by atoms with van der Waals surface area (Å²) in [6.07, 6.45) is 1.66. The van der Waals surface area contributed by atoms with Gasteiger partial charge in [0.15, 0.2) is 0 Å².